The molecular weight excluding hydrogens is 597 g/mol. The number of fused-ring (bicyclic) bond motifs is 2. The maximum absolute atomic E-state index is 6.60. The molecule has 1 saturated heterocycles. The third-order valence-corrected chi connectivity index (χ3v) is 12.8. The molecule has 0 N–H and O–H groups in total. The van der Waals surface area contributed by atoms with Gasteiger partial charge in [-0.3, -0.25) is 0 Å². The number of benzene rings is 6. The highest BCUT2D eigenvalue weighted by Crippen LogP contribution is 2.37. The minimum absolute atomic E-state index is 0.392. The van der Waals surface area contributed by atoms with Gasteiger partial charge in [-0.25, -0.2) is 0 Å². The Bertz CT molecular complexity index is 2360. The molecule has 7 rings (SSSR count). The molecule has 12 heteroatoms. The van der Waals surface area contributed by atoms with E-state index in [0.29, 0.717) is 0 Å². The van der Waals surface area contributed by atoms with Crippen LogP contribution in [-0.4, -0.2) is 88.9 Å². The Balaban J connectivity index is 1.35. The first-order valence-corrected chi connectivity index (χ1v) is 18.1. The van der Waals surface area contributed by atoms with E-state index in [4.69, 9.17) is 9.31 Å². The Morgan fingerprint density at radius 1 is 0.440 bits per heavy atom. The van der Waals surface area contributed by atoms with Crippen LogP contribution in [0.1, 0.15) is 27.7 Å². The Labute approximate surface area is 307 Å². The highest BCUT2D eigenvalue weighted by atomic mass is 16.7. The van der Waals surface area contributed by atoms with Crippen LogP contribution < -0.4 is 54.6 Å². The van der Waals surface area contributed by atoms with Crippen molar-refractivity contribution in [2.75, 3.05) is 0 Å². The SMILES string of the molecule is Bc1c(B)c(B)c(-c2cc(-c3ccc4cc(-c5c(B)c(B)c(B)c(B6OC(C)(C)C(C)(C)O6)c5B)ccc4c3)c3ccccc3c2)c(B)c1B. The van der Waals surface area contributed by atoms with Crippen LogP contribution in [-0.2, 0) is 9.31 Å². The van der Waals surface area contributed by atoms with Crippen molar-refractivity contribution in [3.05, 3.63) is 72.8 Å². The second kappa shape index (κ2) is 12.3. The first-order chi connectivity index (χ1) is 23.5. The number of rotatable bonds is 4. The molecule has 1 aliphatic heterocycles. The Kier molecular flexibility index (Phi) is 8.55. The zero-order chi connectivity index (χ0) is 36.0. The van der Waals surface area contributed by atoms with Crippen LogP contribution in [0.3, 0.4) is 0 Å². The predicted molar refractivity (Wildman–Crippen MR) is 247 cm³/mol. The predicted octanol–water partition coefficient (Wildman–Crippen LogP) is -6.38. The van der Waals surface area contributed by atoms with Crippen LogP contribution in [0, 0.1) is 0 Å². The molecule has 1 heterocycles. The zero-order valence-corrected chi connectivity index (χ0v) is 32.3. The molecule has 0 atom stereocenters. The molecule has 0 aromatic heterocycles. The Morgan fingerprint density at radius 2 is 0.900 bits per heavy atom. The van der Waals surface area contributed by atoms with Gasteiger partial charge in [0.15, 0.2) is 0 Å². The average Bonchev–Trinajstić information content (AvgIpc) is 3.30. The van der Waals surface area contributed by atoms with E-state index in [1.165, 1.54) is 104 Å². The van der Waals surface area contributed by atoms with E-state index in [-0.39, 0.29) is 0 Å². The van der Waals surface area contributed by atoms with Gasteiger partial charge in [0.05, 0.1) is 11.2 Å². The molecule has 0 saturated carbocycles. The molecule has 0 bridgehead atoms. The molecule has 0 unspecified atom stereocenters. The van der Waals surface area contributed by atoms with Crippen molar-refractivity contribution in [2.45, 2.75) is 38.9 Å². The summed E-state index contributed by atoms with van der Waals surface area (Å²) >= 11 is 0. The molecular formula is C38H42B10O2. The molecule has 1 aliphatic rings. The smallest absolute Gasteiger partial charge is 0.399 e. The molecule has 0 amide bonds. The van der Waals surface area contributed by atoms with Gasteiger partial charge in [0, 0.05) is 0 Å². The van der Waals surface area contributed by atoms with E-state index in [2.05, 4.69) is 171 Å². The fraction of sp³-hybridized carbons (Fsp3) is 0.158. The van der Waals surface area contributed by atoms with Crippen molar-refractivity contribution in [1.29, 1.82) is 0 Å². The van der Waals surface area contributed by atoms with Gasteiger partial charge in [0.25, 0.3) is 0 Å². The topological polar surface area (TPSA) is 18.5 Å². The summed E-state index contributed by atoms with van der Waals surface area (Å²) in [6.45, 7) is 8.51. The standard InChI is InChI=1S/C38H42B10O2/c1-37(2)38(3,4)50-48(49-37)36-30(42)25(27(39)33(45)35(36)47)21-12-10-17-13-20(11-9-18(17)14-21)24-16-22(15-19-7-5-6-8-23(19)24)26-28(40)31(43)34(46)32(44)29(26)41/h5-16H,39-47H2,1-4H3. The van der Waals surface area contributed by atoms with Gasteiger partial charge in [0.2, 0.25) is 0 Å². The number of hydrogen-bond acceptors (Lipinski definition) is 2. The molecule has 50 heavy (non-hydrogen) atoms. The van der Waals surface area contributed by atoms with Gasteiger partial charge in [0.1, 0.15) is 70.6 Å². The van der Waals surface area contributed by atoms with Crippen molar-refractivity contribution in [3.63, 3.8) is 0 Å². The van der Waals surface area contributed by atoms with Crippen molar-refractivity contribution in [1.82, 2.24) is 0 Å². The quantitative estimate of drug-likeness (QED) is 0.179. The zero-order valence-electron chi connectivity index (χ0n) is 32.3. The summed E-state index contributed by atoms with van der Waals surface area (Å²) in [7, 11) is 19.9. The van der Waals surface area contributed by atoms with Crippen LogP contribution in [0.25, 0.3) is 54.9 Å². The molecule has 0 radical (unpaired) electrons. The molecule has 2 nitrogen and oxygen atoms in total. The number of hydrogen-bond donors (Lipinski definition) is 0. The van der Waals surface area contributed by atoms with Crippen LogP contribution in [0.5, 0.6) is 0 Å². The monoisotopic (exact) mass is 640 g/mol. The van der Waals surface area contributed by atoms with E-state index in [1.807, 2.05) is 0 Å². The van der Waals surface area contributed by atoms with Gasteiger partial charge in [-0.05, 0) is 112 Å². The first-order valence-electron chi connectivity index (χ1n) is 18.1. The lowest BCUT2D eigenvalue weighted by Crippen LogP contribution is -2.61. The Morgan fingerprint density at radius 3 is 1.50 bits per heavy atom. The van der Waals surface area contributed by atoms with Gasteiger partial charge in [-0.15, -0.1) is 21.9 Å². The van der Waals surface area contributed by atoms with Crippen LogP contribution in [0.4, 0.5) is 0 Å². The fourth-order valence-electron chi connectivity index (χ4n) is 8.31. The van der Waals surface area contributed by atoms with E-state index in [1.54, 1.807) is 0 Å². The second-order valence-electron chi connectivity index (χ2n) is 15.9. The van der Waals surface area contributed by atoms with Crippen molar-refractivity contribution in [2.24, 2.45) is 0 Å². The minimum atomic E-state index is -0.396. The molecule has 236 valence electrons. The third-order valence-electron chi connectivity index (χ3n) is 12.8. The van der Waals surface area contributed by atoms with E-state index in [9.17, 15) is 0 Å². The van der Waals surface area contributed by atoms with E-state index < -0.39 is 18.3 Å². The van der Waals surface area contributed by atoms with Crippen molar-refractivity contribution in [3.8, 4) is 33.4 Å². The summed E-state index contributed by atoms with van der Waals surface area (Å²) in [6, 6.07) is 27.5. The van der Waals surface area contributed by atoms with Crippen molar-refractivity contribution < 1.29 is 9.31 Å². The summed E-state index contributed by atoms with van der Waals surface area (Å²) in [5, 5.41) is 5.01. The molecule has 6 aromatic rings. The van der Waals surface area contributed by atoms with Gasteiger partial charge in [-0.1, -0.05) is 75.8 Å². The molecule has 0 spiro atoms. The largest absolute Gasteiger partial charge is 0.493 e. The van der Waals surface area contributed by atoms with Crippen LogP contribution in [0.2, 0.25) is 0 Å². The fourth-order valence-corrected chi connectivity index (χ4v) is 8.31. The normalized spacial score (nSPS) is 15.2. The lowest BCUT2D eigenvalue weighted by molar-refractivity contribution is 0.00578. The van der Waals surface area contributed by atoms with E-state index in [0.717, 1.165) is 5.46 Å². The summed E-state index contributed by atoms with van der Waals surface area (Å²) in [5.41, 5.74) is 20.0. The van der Waals surface area contributed by atoms with Crippen LogP contribution in [0.15, 0.2) is 72.8 Å². The van der Waals surface area contributed by atoms with Crippen molar-refractivity contribution >= 4 is 154 Å². The lowest BCUT2D eigenvalue weighted by Gasteiger charge is -2.32. The molecule has 6 aromatic carbocycles. The summed E-state index contributed by atoms with van der Waals surface area (Å²) < 4.78 is 13.2. The highest BCUT2D eigenvalue weighted by Gasteiger charge is 2.52. The lowest BCUT2D eigenvalue weighted by atomic mass is 9.56. The highest BCUT2D eigenvalue weighted by molar-refractivity contribution is 6.77. The van der Waals surface area contributed by atoms with Crippen LogP contribution >= 0.6 is 0 Å². The maximum Gasteiger partial charge on any atom is 0.493 e. The van der Waals surface area contributed by atoms with Gasteiger partial charge in [-0.2, -0.15) is 0 Å². The van der Waals surface area contributed by atoms with Gasteiger partial charge >= 0.3 is 7.12 Å². The Hall–Kier alpha value is -3.59. The van der Waals surface area contributed by atoms with Gasteiger partial charge < -0.3 is 9.31 Å². The van der Waals surface area contributed by atoms with E-state index >= 15 is 0 Å². The summed E-state index contributed by atoms with van der Waals surface area (Å²) in [5.74, 6) is 0. The minimum Gasteiger partial charge on any atom is -0.399 e. The first kappa shape index (κ1) is 34.8. The second-order valence-corrected chi connectivity index (χ2v) is 15.9. The maximum atomic E-state index is 6.60. The summed E-state index contributed by atoms with van der Waals surface area (Å²) in [4.78, 5) is 0. The molecule has 0 aliphatic carbocycles. The average molecular weight is 639 g/mol. The molecule has 1 fully saturated rings. The third kappa shape index (κ3) is 5.41. The summed E-state index contributed by atoms with van der Waals surface area (Å²) in [6.07, 6.45) is 0.